The summed E-state index contributed by atoms with van der Waals surface area (Å²) in [6, 6.07) is 11.2. The zero-order chi connectivity index (χ0) is 30.7. The number of hydrogen-bond donors (Lipinski definition) is 2. The highest BCUT2D eigenvalue weighted by atomic mass is 19.4. The number of methoxy groups -OCH3 is 1. The third-order valence-corrected chi connectivity index (χ3v) is 8.33. The fourth-order valence-corrected chi connectivity index (χ4v) is 5.89. The highest BCUT2D eigenvalue weighted by Gasteiger charge is 2.62. The van der Waals surface area contributed by atoms with E-state index in [2.05, 4.69) is 26.1 Å². The monoisotopic (exact) mass is 590 g/mol. The van der Waals surface area contributed by atoms with Gasteiger partial charge in [-0.05, 0) is 100 Å². The molecular weight excluding hydrogens is 549 g/mol. The Morgan fingerprint density at radius 3 is 2.31 bits per heavy atom. The molecule has 1 amide bonds. The molecule has 230 valence electrons. The lowest BCUT2D eigenvalue weighted by Gasteiger charge is -2.36. The Hall–Kier alpha value is -3.27. The number of nitrogens with zero attached hydrogens (tertiary/aromatic N) is 1. The van der Waals surface area contributed by atoms with Crippen LogP contribution in [0, 0.1) is 5.92 Å². The molecule has 2 aromatic carbocycles. The number of carboxylic acids is 1. The summed E-state index contributed by atoms with van der Waals surface area (Å²) in [5.41, 5.74) is 0.122. The predicted molar refractivity (Wildman–Crippen MR) is 153 cm³/mol. The van der Waals surface area contributed by atoms with Crippen molar-refractivity contribution in [2.45, 2.75) is 75.9 Å². The molecule has 42 heavy (non-hydrogen) atoms. The highest BCUT2D eigenvalue weighted by Crippen LogP contribution is 2.56. The van der Waals surface area contributed by atoms with Crippen LogP contribution >= 0.6 is 0 Å². The summed E-state index contributed by atoms with van der Waals surface area (Å²) in [5.74, 6) is 0.0232. The van der Waals surface area contributed by atoms with Crippen LogP contribution < -0.4 is 14.8 Å². The van der Waals surface area contributed by atoms with Crippen molar-refractivity contribution in [2.24, 2.45) is 5.92 Å². The minimum absolute atomic E-state index is 0.00626. The molecule has 2 N–H and O–H groups in total. The SMILES string of the molecule is COc1ccc(C2(C(=O)N3CCC(c4ccc(C(F)(F)F)cc4OCCCC(=O)O)CC3)CC2CNC(C)(C)C)cc1. The van der Waals surface area contributed by atoms with Crippen molar-refractivity contribution in [1.82, 2.24) is 10.2 Å². The molecule has 0 aromatic heterocycles. The van der Waals surface area contributed by atoms with E-state index in [1.807, 2.05) is 29.2 Å². The number of benzene rings is 2. The average Bonchev–Trinajstić information content (AvgIpc) is 3.68. The van der Waals surface area contributed by atoms with Crippen LogP contribution in [0.1, 0.15) is 75.5 Å². The summed E-state index contributed by atoms with van der Waals surface area (Å²) >= 11 is 0. The molecule has 1 saturated heterocycles. The van der Waals surface area contributed by atoms with Crippen molar-refractivity contribution < 1.29 is 37.3 Å². The Balaban J connectivity index is 1.49. The third-order valence-electron chi connectivity index (χ3n) is 8.33. The lowest BCUT2D eigenvalue weighted by molar-refractivity contribution is -0.138. The smallest absolute Gasteiger partial charge is 0.416 e. The first-order valence-corrected chi connectivity index (χ1v) is 14.5. The average molecular weight is 591 g/mol. The molecule has 4 rings (SSSR count). The van der Waals surface area contributed by atoms with Gasteiger partial charge in [0.25, 0.3) is 0 Å². The van der Waals surface area contributed by atoms with Gasteiger partial charge in [0.1, 0.15) is 11.5 Å². The maximum absolute atomic E-state index is 14.1. The van der Waals surface area contributed by atoms with Gasteiger partial charge in [-0.15, -0.1) is 0 Å². The summed E-state index contributed by atoms with van der Waals surface area (Å²) in [5, 5.41) is 12.4. The van der Waals surface area contributed by atoms with E-state index in [4.69, 9.17) is 14.6 Å². The number of alkyl halides is 3. The summed E-state index contributed by atoms with van der Waals surface area (Å²) in [6.07, 6.45) is -2.54. The van der Waals surface area contributed by atoms with E-state index in [1.54, 1.807) is 7.11 Å². The zero-order valence-electron chi connectivity index (χ0n) is 24.7. The topological polar surface area (TPSA) is 88.1 Å². The maximum atomic E-state index is 14.1. The lowest BCUT2D eigenvalue weighted by Crippen LogP contribution is -2.46. The Morgan fingerprint density at radius 1 is 1.07 bits per heavy atom. The van der Waals surface area contributed by atoms with Gasteiger partial charge in [-0.2, -0.15) is 13.2 Å². The third kappa shape index (κ3) is 7.38. The van der Waals surface area contributed by atoms with Crippen LogP contribution in [0.25, 0.3) is 0 Å². The van der Waals surface area contributed by atoms with Crippen molar-refractivity contribution in [3.05, 3.63) is 59.2 Å². The highest BCUT2D eigenvalue weighted by molar-refractivity contribution is 5.92. The minimum Gasteiger partial charge on any atom is -0.497 e. The van der Waals surface area contributed by atoms with Crippen LogP contribution in [0.15, 0.2) is 42.5 Å². The second kappa shape index (κ2) is 12.5. The molecule has 2 atom stereocenters. The summed E-state index contributed by atoms with van der Waals surface area (Å²) in [4.78, 5) is 26.9. The van der Waals surface area contributed by atoms with E-state index in [0.29, 0.717) is 38.0 Å². The van der Waals surface area contributed by atoms with E-state index in [0.717, 1.165) is 29.9 Å². The molecule has 1 heterocycles. The van der Waals surface area contributed by atoms with Crippen LogP contribution in [-0.2, 0) is 21.2 Å². The number of nitrogens with one attached hydrogen (secondary N) is 1. The van der Waals surface area contributed by atoms with Gasteiger partial charge in [0.15, 0.2) is 0 Å². The van der Waals surface area contributed by atoms with Crippen molar-refractivity contribution in [3.8, 4) is 11.5 Å². The van der Waals surface area contributed by atoms with Crippen LogP contribution in [0.2, 0.25) is 0 Å². The Labute approximate surface area is 245 Å². The summed E-state index contributed by atoms with van der Waals surface area (Å²) in [6.45, 7) is 7.99. The number of halogens is 3. The second-order valence-electron chi connectivity index (χ2n) is 12.4. The molecule has 0 spiro atoms. The molecule has 0 bridgehead atoms. The number of aliphatic carboxylic acids is 1. The predicted octanol–water partition coefficient (Wildman–Crippen LogP) is 6.01. The van der Waals surface area contributed by atoms with Gasteiger partial charge >= 0.3 is 12.1 Å². The van der Waals surface area contributed by atoms with Gasteiger partial charge in [-0.25, -0.2) is 0 Å². The molecule has 1 saturated carbocycles. The molecule has 2 aliphatic rings. The first-order valence-electron chi connectivity index (χ1n) is 14.5. The largest absolute Gasteiger partial charge is 0.497 e. The molecule has 2 fully saturated rings. The molecule has 1 aliphatic carbocycles. The fraction of sp³-hybridized carbons (Fsp3) is 0.562. The van der Waals surface area contributed by atoms with E-state index in [-0.39, 0.29) is 48.5 Å². The number of amides is 1. The summed E-state index contributed by atoms with van der Waals surface area (Å²) < 4.78 is 51.3. The van der Waals surface area contributed by atoms with E-state index < -0.39 is 23.1 Å². The fourth-order valence-electron chi connectivity index (χ4n) is 5.89. The van der Waals surface area contributed by atoms with Crippen molar-refractivity contribution in [1.29, 1.82) is 0 Å². The van der Waals surface area contributed by atoms with Crippen LogP contribution in [0.5, 0.6) is 11.5 Å². The van der Waals surface area contributed by atoms with Gasteiger partial charge in [0.05, 0.1) is 24.7 Å². The van der Waals surface area contributed by atoms with E-state index >= 15 is 0 Å². The van der Waals surface area contributed by atoms with Gasteiger partial charge in [-0.3, -0.25) is 9.59 Å². The molecular formula is C32H41F3N2O5. The first-order chi connectivity index (χ1) is 19.7. The second-order valence-corrected chi connectivity index (χ2v) is 12.4. The number of carbonyl (C=O) groups excluding carboxylic acids is 1. The number of piperidine rings is 1. The van der Waals surface area contributed by atoms with Crippen molar-refractivity contribution in [3.63, 3.8) is 0 Å². The van der Waals surface area contributed by atoms with Gasteiger partial charge in [-0.1, -0.05) is 18.2 Å². The number of carboxylic acid groups (broad SMARTS) is 1. The standard InChI is InChI=1S/C32H41F3N2O5/c1-30(2,3)36-20-24-19-31(24,22-7-10-25(41-4)11-8-22)29(40)37-15-13-21(14-16-37)26-12-9-23(32(33,34)35)18-27(26)42-17-5-6-28(38)39/h7-12,18,21,24,36H,5-6,13-17,19-20H2,1-4H3,(H,38,39). The first kappa shape index (κ1) is 31.7. The van der Waals surface area contributed by atoms with Gasteiger partial charge in [0.2, 0.25) is 5.91 Å². The van der Waals surface area contributed by atoms with Crippen molar-refractivity contribution in [2.75, 3.05) is 33.4 Å². The molecule has 7 nitrogen and oxygen atoms in total. The zero-order valence-corrected chi connectivity index (χ0v) is 24.7. The minimum atomic E-state index is -4.52. The normalized spacial score (nSPS) is 21.2. The van der Waals surface area contributed by atoms with Gasteiger partial charge in [0, 0.05) is 25.0 Å². The molecule has 0 radical (unpaired) electrons. The van der Waals surface area contributed by atoms with E-state index in [9.17, 15) is 22.8 Å². The van der Waals surface area contributed by atoms with Crippen LogP contribution in [0.3, 0.4) is 0 Å². The summed E-state index contributed by atoms with van der Waals surface area (Å²) in [7, 11) is 1.61. The molecule has 2 unspecified atom stereocenters. The Morgan fingerprint density at radius 2 is 1.74 bits per heavy atom. The van der Waals surface area contributed by atoms with Crippen molar-refractivity contribution >= 4 is 11.9 Å². The molecule has 2 aromatic rings. The Kier molecular flexibility index (Phi) is 9.45. The van der Waals surface area contributed by atoms with Crippen LogP contribution in [-0.4, -0.2) is 60.8 Å². The molecule has 1 aliphatic heterocycles. The maximum Gasteiger partial charge on any atom is 0.416 e. The number of ether oxygens (including phenoxy) is 2. The quantitative estimate of drug-likeness (QED) is 0.312. The van der Waals surface area contributed by atoms with Gasteiger partial charge < -0.3 is 24.8 Å². The number of rotatable bonds is 11. The lowest BCUT2D eigenvalue weighted by atomic mass is 9.86. The number of carbonyl (C=O) groups is 2. The molecule has 10 heteroatoms. The number of hydrogen-bond acceptors (Lipinski definition) is 5. The Bertz CT molecular complexity index is 1250. The number of likely N-dealkylation sites (tertiary alicyclic amines) is 1. The van der Waals surface area contributed by atoms with E-state index in [1.165, 1.54) is 6.07 Å². The van der Waals surface area contributed by atoms with Crippen LogP contribution in [0.4, 0.5) is 13.2 Å².